The van der Waals surface area contributed by atoms with E-state index in [4.69, 9.17) is 0 Å². The molecule has 1 saturated carbocycles. The SMILES string of the molecule is C[C@H]1CCCN(c2ccc(CNC(=O)c3cnc(C4CC4)[nH]c3=O)cc2)C1. The summed E-state index contributed by atoms with van der Waals surface area (Å²) in [5, 5.41) is 2.81. The number of H-pyrrole nitrogens is 1. The van der Waals surface area contributed by atoms with Crippen molar-refractivity contribution in [1.29, 1.82) is 0 Å². The highest BCUT2D eigenvalue weighted by molar-refractivity contribution is 5.93. The van der Waals surface area contributed by atoms with Gasteiger partial charge >= 0.3 is 0 Å². The minimum atomic E-state index is -0.389. The highest BCUT2D eigenvalue weighted by Crippen LogP contribution is 2.37. The number of aromatic nitrogens is 2. The van der Waals surface area contributed by atoms with E-state index >= 15 is 0 Å². The first kappa shape index (κ1) is 17.8. The molecule has 2 aromatic rings. The monoisotopic (exact) mass is 366 g/mol. The number of carbonyl (C=O) groups is 1. The number of hydrogen-bond donors (Lipinski definition) is 2. The van der Waals surface area contributed by atoms with Crippen molar-refractivity contribution in [3.05, 3.63) is 57.8 Å². The van der Waals surface area contributed by atoms with Crippen LogP contribution in [0.4, 0.5) is 5.69 Å². The largest absolute Gasteiger partial charge is 0.371 e. The van der Waals surface area contributed by atoms with Crippen molar-refractivity contribution in [3.63, 3.8) is 0 Å². The number of rotatable bonds is 5. The fraction of sp³-hybridized carbons (Fsp3) is 0.476. The number of amides is 1. The number of hydrogen-bond acceptors (Lipinski definition) is 4. The topological polar surface area (TPSA) is 78.1 Å². The molecule has 0 unspecified atom stereocenters. The summed E-state index contributed by atoms with van der Waals surface area (Å²) in [7, 11) is 0. The molecule has 142 valence electrons. The van der Waals surface area contributed by atoms with Crippen molar-refractivity contribution >= 4 is 11.6 Å². The summed E-state index contributed by atoms with van der Waals surface area (Å²) < 4.78 is 0. The quantitative estimate of drug-likeness (QED) is 0.853. The molecule has 1 aromatic heterocycles. The van der Waals surface area contributed by atoms with E-state index in [2.05, 4.69) is 39.2 Å². The standard InChI is InChI=1S/C21H26N4O2/c1-14-3-2-10-25(13-14)17-8-4-15(5-9-17)11-23-20(26)18-12-22-19(16-6-7-16)24-21(18)27/h4-5,8-9,12,14,16H,2-3,6-7,10-11,13H2,1H3,(H,23,26)(H,22,24,27)/t14-/m0/s1. The maximum atomic E-state index is 12.3. The minimum Gasteiger partial charge on any atom is -0.371 e. The van der Waals surface area contributed by atoms with E-state index in [1.807, 2.05) is 12.1 Å². The van der Waals surface area contributed by atoms with Gasteiger partial charge in [-0.3, -0.25) is 9.59 Å². The molecule has 2 fully saturated rings. The van der Waals surface area contributed by atoms with Crippen LogP contribution in [-0.2, 0) is 6.54 Å². The Morgan fingerprint density at radius 3 is 2.70 bits per heavy atom. The highest BCUT2D eigenvalue weighted by atomic mass is 16.2. The molecular weight excluding hydrogens is 340 g/mol. The van der Waals surface area contributed by atoms with Gasteiger partial charge in [-0.05, 0) is 49.3 Å². The number of anilines is 1. The molecule has 1 atom stereocenters. The van der Waals surface area contributed by atoms with Crippen LogP contribution in [0.2, 0.25) is 0 Å². The Morgan fingerprint density at radius 1 is 1.26 bits per heavy atom. The lowest BCUT2D eigenvalue weighted by atomic mass is 9.99. The third-order valence-electron chi connectivity index (χ3n) is 5.44. The number of piperidine rings is 1. The molecule has 2 heterocycles. The zero-order valence-corrected chi connectivity index (χ0v) is 15.7. The molecule has 4 rings (SSSR count). The second kappa shape index (κ2) is 7.55. The van der Waals surface area contributed by atoms with Crippen molar-refractivity contribution in [2.45, 2.75) is 45.1 Å². The van der Waals surface area contributed by atoms with E-state index in [9.17, 15) is 9.59 Å². The third kappa shape index (κ3) is 4.21. The van der Waals surface area contributed by atoms with E-state index in [0.717, 1.165) is 37.4 Å². The van der Waals surface area contributed by atoms with Crippen molar-refractivity contribution < 1.29 is 4.79 Å². The van der Waals surface area contributed by atoms with Crippen molar-refractivity contribution in [3.8, 4) is 0 Å². The summed E-state index contributed by atoms with van der Waals surface area (Å²) in [6, 6.07) is 8.29. The molecule has 1 aliphatic carbocycles. The summed E-state index contributed by atoms with van der Waals surface area (Å²) in [6.45, 7) is 4.89. The highest BCUT2D eigenvalue weighted by Gasteiger charge is 2.26. The fourth-order valence-corrected chi connectivity index (χ4v) is 3.66. The molecular formula is C21H26N4O2. The van der Waals surface area contributed by atoms with Crippen LogP contribution in [0.1, 0.15) is 60.3 Å². The van der Waals surface area contributed by atoms with Gasteiger partial charge < -0.3 is 15.2 Å². The van der Waals surface area contributed by atoms with Crippen LogP contribution in [0.3, 0.4) is 0 Å². The molecule has 1 aromatic carbocycles. The van der Waals surface area contributed by atoms with Crippen molar-refractivity contribution in [2.75, 3.05) is 18.0 Å². The van der Waals surface area contributed by atoms with E-state index in [0.29, 0.717) is 18.3 Å². The van der Waals surface area contributed by atoms with Crippen molar-refractivity contribution in [2.24, 2.45) is 5.92 Å². The normalized spacial score (nSPS) is 19.7. The Labute approximate surface area is 159 Å². The van der Waals surface area contributed by atoms with Gasteiger partial charge in [-0.25, -0.2) is 4.98 Å². The molecule has 2 aliphatic rings. The molecule has 6 heteroatoms. The number of nitrogens with one attached hydrogen (secondary N) is 2. The van der Waals surface area contributed by atoms with Crippen molar-refractivity contribution in [1.82, 2.24) is 15.3 Å². The lowest BCUT2D eigenvalue weighted by molar-refractivity contribution is 0.0949. The van der Waals surface area contributed by atoms with Crippen LogP contribution in [0, 0.1) is 5.92 Å². The second-order valence-corrected chi connectivity index (χ2v) is 7.83. The maximum Gasteiger partial charge on any atom is 0.263 e. The zero-order chi connectivity index (χ0) is 18.8. The lowest BCUT2D eigenvalue weighted by Gasteiger charge is -2.32. The maximum absolute atomic E-state index is 12.3. The number of carbonyl (C=O) groups excluding carboxylic acids is 1. The summed E-state index contributed by atoms with van der Waals surface area (Å²) >= 11 is 0. The molecule has 1 saturated heterocycles. The van der Waals surface area contributed by atoms with Gasteiger partial charge in [0.25, 0.3) is 11.5 Å². The predicted octanol–water partition coefficient (Wildman–Crippen LogP) is 2.81. The van der Waals surface area contributed by atoms with Gasteiger partial charge in [0, 0.05) is 37.4 Å². The average Bonchev–Trinajstić information content (AvgIpc) is 3.52. The van der Waals surface area contributed by atoms with Crippen LogP contribution in [-0.4, -0.2) is 29.0 Å². The van der Waals surface area contributed by atoms with Gasteiger partial charge in [0.1, 0.15) is 11.4 Å². The van der Waals surface area contributed by atoms with E-state index in [1.54, 1.807) is 0 Å². The van der Waals surface area contributed by atoms with E-state index < -0.39 is 0 Å². The molecule has 27 heavy (non-hydrogen) atoms. The van der Waals surface area contributed by atoms with Gasteiger partial charge in [0.15, 0.2) is 0 Å². The number of aromatic amines is 1. The lowest BCUT2D eigenvalue weighted by Crippen LogP contribution is -2.34. The molecule has 6 nitrogen and oxygen atoms in total. The van der Waals surface area contributed by atoms with Crippen LogP contribution >= 0.6 is 0 Å². The fourth-order valence-electron chi connectivity index (χ4n) is 3.66. The smallest absolute Gasteiger partial charge is 0.263 e. The molecule has 2 N–H and O–H groups in total. The molecule has 1 aliphatic heterocycles. The third-order valence-corrected chi connectivity index (χ3v) is 5.44. The van der Waals surface area contributed by atoms with Gasteiger partial charge in [-0.1, -0.05) is 19.1 Å². The molecule has 1 amide bonds. The van der Waals surface area contributed by atoms with Gasteiger partial charge in [-0.2, -0.15) is 0 Å². The predicted molar refractivity (Wildman–Crippen MR) is 105 cm³/mol. The van der Waals surface area contributed by atoms with Gasteiger partial charge in [0.05, 0.1) is 0 Å². The van der Waals surface area contributed by atoms with E-state index in [1.165, 1.54) is 24.7 Å². The first-order chi connectivity index (χ1) is 13.1. The average molecular weight is 366 g/mol. The number of nitrogens with zero attached hydrogens (tertiary/aromatic N) is 2. The molecule has 0 radical (unpaired) electrons. The van der Waals surface area contributed by atoms with Crippen LogP contribution in [0.25, 0.3) is 0 Å². The molecule has 0 bridgehead atoms. The summed E-state index contributed by atoms with van der Waals surface area (Å²) in [5.74, 6) is 1.39. The van der Waals surface area contributed by atoms with Crippen LogP contribution in [0.5, 0.6) is 0 Å². The Morgan fingerprint density at radius 2 is 2.04 bits per heavy atom. The van der Waals surface area contributed by atoms with Crippen LogP contribution < -0.4 is 15.8 Å². The van der Waals surface area contributed by atoms with Crippen LogP contribution in [0.15, 0.2) is 35.3 Å². The van der Waals surface area contributed by atoms with Gasteiger partial charge in [0.2, 0.25) is 0 Å². The Balaban J connectivity index is 1.35. The summed E-state index contributed by atoms with van der Waals surface area (Å²) in [4.78, 5) is 33.8. The minimum absolute atomic E-state index is 0.0679. The Kier molecular flexibility index (Phi) is 4.97. The Hall–Kier alpha value is -2.63. The first-order valence-electron chi connectivity index (χ1n) is 9.81. The zero-order valence-electron chi connectivity index (χ0n) is 15.7. The molecule has 0 spiro atoms. The summed E-state index contributed by atoms with van der Waals surface area (Å²) in [6.07, 6.45) is 6.04. The number of benzene rings is 1. The van der Waals surface area contributed by atoms with Gasteiger partial charge in [-0.15, -0.1) is 0 Å². The van der Waals surface area contributed by atoms with E-state index in [-0.39, 0.29) is 17.0 Å². The summed E-state index contributed by atoms with van der Waals surface area (Å²) in [5.41, 5.74) is 1.95. The first-order valence-corrected chi connectivity index (χ1v) is 9.81. The second-order valence-electron chi connectivity index (χ2n) is 7.83. The Bertz CT molecular complexity index is 870.